The molecule has 0 saturated heterocycles. The molecule has 3 aromatic heterocycles. The number of rotatable bonds is 9. The lowest BCUT2D eigenvalue weighted by atomic mass is 9.94. The second-order valence-corrected chi connectivity index (χ2v) is 13.9. The van der Waals surface area contributed by atoms with Crippen LogP contribution in [-0.4, -0.2) is 12.7 Å². The highest BCUT2D eigenvalue weighted by atomic mass is 32.1. The maximum absolute atomic E-state index is 6.57. The quantitative estimate of drug-likeness (QED) is 0.209. The summed E-state index contributed by atoms with van der Waals surface area (Å²) in [4.78, 5) is 4.09. The minimum absolute atomic E-state index is 0.0812. The van der Waals surface area contributed by atoms with Gasteiger partial charge in [-0.3, -0.25) is 0 Å². The van der Waals surface area contributed by atoms with E-state index < -0.39 is 0 Å². The Kier molecular flexibility index (Phi) is 9.93. The first-order valence-corrected chi connectivity index (χ1v) is 16.0. The molecule has 0 aliphatic carbocycles. The minimum atomic E-state index is 0.0812. The molecule has 0 saturated carbocycles. The number of unbranched alkanes of at least 4 members (excludes halogenated alkanes) is 1. The van der Waals surface area contributed by atoms with Crippen molar-refractivity contribution in [2.45, 2.75) is 100 Å². The molecule has 0 bridgehead atoms. The van der Waals surface area contributed by atoms with Gasteiger partial charge in [-0.2, -0.15) is 0 Å². The Morgan fingerprint density at radius 1 is 0.917 bits per heavy atom. The fraction of sp³-hybridized carbons (Fsp3) is 0.548. The summed E-state index contributed by atoms with van der Waals surface area (Å²) >= 11 is 5.58. The van der Waals surface area contributed by atoms with Crippen LogP contribution in [0.1, 0.15) is 92.5 Å². The molecule has 0 aliphatic rings. The van der Waals surface area contributed by atoms with E-state index in [1.165, 1.54) is 53.2 Å². The second kappa shape index (κ2) is 12.3. The molecule has 3 heterocycles. The monoisotopic (exact) mass is 544 g/mol. The van der Waals surface area contributed by atoms with Gasteiger partial charge in [0.05, 0.1) is 22.1 Å². The largest absolute Gasteiger partial charge is 0.491 e. The number of aryl methyl sites for hydroxylation is 1. The van der Waals surface area contributed by atoms with Gasteiger partial charge in [0.1, 0.15) is 11.5 Å². The molecule has 36 heavy (non-hydrogen) atoms. The van der Waals surface area contributed by atoms with E-state index in [1.807, 2.05) is 47.9 Å². The van der Waals surface area contributed by atoms with Gasteiger partial charge in [0.25, 0.3) is 0 Å². The summed E-state index contributed by atoms with van der Waals surface area (Å²) in [5.41, 5.74) is 1.55. The lowest BCUT2D eigenvalue weighted by molar-refractivity contribution is 0.248. The van der Waals surface area contributed by atoms with Gasteiger partial charge < -0.3 is 9.47 Å². The van der Waals surface area contributed by atoms with Crippen LogP contribution < -0.4 is 9.47 Å². The van der Waals surface area contributed by atoms with Crippen molar-refractivity contribution in [2.75, 3.05) is 6.61 Å². The molecule has 1 aromatic carbocycles. The average molecular weight is 545 g/mol. The van der Waals surface area contributed by atoms with Gasteiger partial charge in [0.2, 0.25) is 0 Å². The van der Waals surface area contributed by atoms with E-state index in [-0.39, 0.29) is 11.5 Å². The molecule has 0 fully saturated rings. The Hall–Kier alpha value is -1.56. The Balaban J connectivity index is 0.00000176. The Morgan fingerprint density at radius 2 is 1.58 bits per heavy atom. The van der Waals surface area contributed by atoms with Crippen LogP contribution in [0.3, 0.4) is 0 Å². The summed E-state index contributed by atoms with van der Waals surface area (Å²) < 4.78 is 15.5. The molecule has 0 amide bonds. The van der Waals surface area contributed by atoms with Gasteiger partial charge in [-0.15, -0.1) is 34.0 Å². The van der Waals surface area contributed by atoms with Crippen LogP contribution in [0.25, 0.3) is 29.9 Å². The lowest BCUT2D eigenvalue weighted by Crippen LogP contribution is -2.08. The van der Waals surface area contributed by atoms with Gasteiger partial charge in [-0.1, -0.05) is 61.8 Å². The number of fused-ring (bicyclic) bond motifs is 2. The number of hydrogen-bond donors (Lipinski definition) is 0. The van der Waals surface area contributed by atoms with Crippen LogP contribution in [0.2, 0.25) is 0 Å². The SMILES string of the molecule is CC.CCCCc1ccsc1-c1cc2c(OCC(C)C)c3sc(C(C)(C)C)cc3c(OC(C)C)c2s1. The lowest BCUT2D eigenvalue weighted by Gasteiger charge is -2.16. The van der Waals surface area contributed by atoms with E-state index in [0.717, 1.165) is 17.9 Å². The predicted molar refractivity (Wildman–Crippen MR) is 165 cm³/mol. The first kappa shape index (κ1) is 29.0. The van der Waals surface area contributed by atoms with Crippen LogP contribution in [0.4, 0.5) is 0 Å². The van der Waals surface area contributed by atoms with Gasteiger partial charge >= 0.3 is 0 Å². The smallest absolute Gasteiger partial charge is 0.146 e. The molecule has 4 aromatic rings. The Labute approximate surface area is 230 Å². The average Bonchev–Trinajstić information content (AvgIpc) is 3.55. The van der Waals surface area contributed by atoms with Crippen LogP contribution in [0, 0.1) is 5.92 Å². The molecule has 198 valence electrons. The third-order valence-corrected chi connectivity index (χ3v) is 9.62. The minimum Gasteiger partial charge on any atom is -0.491 e. The summed E-state index contributed by atoms with van der Waals surface area (Å²) in [6.45, 7) is 22.5. The molecule has 0 N–H and O–H groups in total. The van der Waals surface area contributed by atoms with Crippen LogP contribution in [0.15, 0.2) is 23.6 Å². The van der Waals surface area contributed by atoms with Crippen LogP contribution in [-0.2, 0) is 11.8 Å². The third-order valence-electron chi connectivity index (χ3n) is 5.79. The van der Waals surface area contributed by atoms with Gasteiger partial charge in [-0.25, -0.2) is 0 Å². The molecule has 0 unspecified atom stereocenters. The topological polar surface area (TPSA) is 18.5 Å². The molecule has 0 spiro atoms. The van der Waals surface area contributed by atoms with Crippen LogP contribution >= 0.6 is 34.0 Å². The molecule has 5 heteroatoms. The zero-order valence-electron chi connectivity index (χ0n) is 23.8. The maximum Gasteiger partial charge on any atom is 0.146 e. The molecule has 4 rings (SSSR count). The first-order chi connectivity index (χ1) is 17.1. The molecule has 2 nitrogen and oxygen atoms in total. The fourth-order valence-corrected chi connectivity index (χ4v) is 7.54. The first-order valence-electron chi connectivity index (χ1n) is 13.5. The van der Waals surface area contributed by atoms with E-state index in [2.05, 4.69) is 79.0 Å². The highest BCUT2D eigenvalue weighted by Gasteiger charge is 2.26. The van der Waals surface area contributed by atoms with Crippen molar-refractivity contribution in [3.63, 3.8) is 0 Å². The number of ether oxygens (including phenoxy) is 2. The molecule has 0 radical (unpaired) electrons. The van der Waals surface area contributed by atoms with Crippen molar-refractivity contribution in [3.05, 3.63) is 34.0 Å². The van der Waals surface area contributed by atoms with E-state index >= 15 is 0 Å². The summed E-state index contributed by atoms with van der Waals surface area (Å²) in [5.74, 6) is 2.52. The van der Waals surface area contributed by atoms with Gasteiger partial charge in [0, 0.05) is 25.4 Å². The predicted octanol–water partition coefficient (Wildman–Crippen LogP) is 11.3. The highest BCUT2D eigenvalue weighted by molar-refractivity contribution is 7.26. The summed E-state index contributed by atoms with van der Waals surface area (Å²) in [5, 5.41) is 4.63. The van der Waals surface area contributed by atoms with Gasteiger partial charge in [-0.05, 0) is 67.2 Å². The number of thiophene rings is 3. The van der Waals surface area contributed by atoms with E-state index in [1.54, 1.807) is 0 Å². The zero-order chi connectivity index (χ0) is 26.6. The maximum atomic E-state index is 6.57. The van der Waals surface area contributed by atoms with Crippen molar-refractivity contribution in [1.82, 2.24) is 0 Å². The second-order valence-electron chi connectivity index (χ2n) is 10.9. The third kappa shape index (κ3) is 6.28. The normalized spacial score (nSPS) is 12.0. The van der Waals surface area contributed by atoms with Crippen molar-refractivity contribution < 1.29 is 9.47 Å². The number of benzene rings is 1. The highest BCUT2D eigenvalue weighted by Crippen LogP contribution is 2.53. The Morgan fingerprint density at radius 3 is 2.19 bits per heavy atom. The molecule has 0 aliphatic heterocycles. The zero-order valence-corrected chi connectivity index (χ0v) is 26.3. The molecule has 0 atom stereocenters. The summed E-state index contributed by atoms with van der Waals surface area (Å²) in [6, 6.07) is 7.01. The van der Waals surface area contributed by atoms with E-state index in [0.29, 0.717) is 12.5 Å². The van der Waals surface area contributed by atoms with Crippen molar-refractivity contribution >= 4 is 54.2 Å². The van der Waals surface area contributed by atoms with E-state index in [4.69, 9.17) is 9.47 Å². The molecular formula is C31H44O2S3. The standard InChI is InChI=1S/C29H38O2S3.C2H6/c1-9-10-11-19-12-13-32-26(19)22-14-20-24(30-16-17(2)3)27-21(15-23(34-27)29(6,7)8)25(28(20)33-22)31-18(4)5;1-2/h12-15,17-18H,9-11,16H2,1-8H3;1-2H3. The van der Waals surface area contributed by atoms with Crippen molar-refractivity contribution in [2.24, 2.45) is 5.92 Å². The molecular weight excluding hydrogens is 501 g/mol. The summed E-state index contributed by atoms with van der Waals surface area (Å²) in [7, 11) is 0. The summed E-state index contributed by atoms with van der Waals surface area (Å²) in [6.07, 6.45) is 3.69. The Bertz CT molecular complexity index is 1260. The van der Waals surface area contributed by atoms with Gasteiger partial charge in [0.15, 0.2) is 0 Å². The van der Waals surface area contributed by atoms with Crippen molar-refractivity contribution in [1.29, 1.82) is 0 Å². The van der Waals surface area contributed by atoms with Crippen molar-refractivity contribution in [3.8, 4) is 21.3 Å². The van der Waals surface area contributed by atoms with E-state index in [9.17, 15) is 0 Å². The van der Waals surface area contributed by atoms with Crippen LogP contribution in [0.5, 0.6) is 11.5 Å². The number of hydrogen-bond acceptors (Lipinski definition) is 5. The fourth-order valence-electron chi connectivity index (χ4n) is 4.04.